The summed E-state index contributed by atoms with van der Waals surface area (Å²) < 4.78 is 5.32. The predicted molar refractivity (Wildman–Crippen MR) is 98.9 cm³/mol. The third-order valence-corrected chi connectivity index (χ3v) is 5.04. The van der Waals surface area contributed by atoms with Crippen LogP contribution in [0.15, 0.2) is 29.1 Å². The Hall–Kier alpha value is -2.89. The molecule has 2 aliphatic rings. The first-order valence-corrected chi connectivity index (χ1v) is 8.89. The fourth-order valence-electron chi connectivity index (χ4n) is 3.45. The number of nitrogens with zero attached hydrogens (tertiary/aromatic N) is 3. The van der Waals surface area contributed by atoms with Crippen molar-refractivity contribution in [3.8, 4) is 6.07 Å². The number of ether oxygens (including phenoxy) is 1. The molecule has 4 rings (SSSR count). The molecule has 9 heteroatoms. The minimum absolute atomic E-state index is 0.191. The Bertz CT molecular complexity index is 976. The summed E-state index contributed by atoms with van der Waals surface area (Å²) in [5.41, 5.74) is 0.565. The Balaban J connectivity index is 1.84. The van der Waals surface area contributed by atoms with E-state index >= 15 is 0 Å². The molecule has 3 heterocycles. The summed E-state index contributed by atoms with van der Waals surface area (Å²) >= 11 is 5.95. The fraction of sp³-hybridized carbons (Fsp3) is 0.333. The normalized spacial score (nSPS) is 21.9. The van der Waals surface area contributed by atoms with Crippen molar-refractivity contribution in [2.24, 2.45) is 5.92 Å². The average molecular weight is 386 g/mol. The van der Waals surface area contributed by atoms with Gasteiger partial charge >= 0.3 is 0 Å². The zero-order valence-electron chi connectivity index (χ0n) is 14.2. The third-order valence-electron chi connectivity index (χ3n) is 4.79. The first-order chi connectivity index (χ1) is 13.1. The van der Waals surface area contributed by atoms with E-state index in [0.29, 0.717) is 42.8 Å². The first-order valence-electron chi connectivity index (χ1n) is 8.51. The van der Waals surface area contributed by atoms with E-state index in [1.165, 1.54) is 0 Å². The second-order valence-electron chi connectivity index (χ2n) is 6.38. The number of hydrogen-bond acceptors (Lipinski definition) is 6. The Kier molecular flexibility index (Phi) is 4.56. The number of benzene rings is 1. The molecule has 0 aliphatic carbocycles. The molecular weight excluding hydrogens is 370 g/mol. The number of anilines is 2. The maximum absolute atomic E-state index is 12.9. The zero-order valence-corrected chi connectivity index (χ0v) is 15.0. The van der Waals surface area contributed by atoms with Gasteiger partial charge in [0.15, 0.2) is 0 Å². The molecule has 2 aromatic rings. The van der Waals surface area contributed by atoms with E-state index in [-0.39, 0.29) is 16.9 Å². The maximum Gasteiger partial charge on any atom is 0.258 e. The molecular formula is C18H16ClN5O3. The topological polar surface area (TPSA) is 111 Å². The van der Waals surface area contributed by atoms with Crippen molar-refractivity contribution in [3.05, 3.63) is 50.8 Å². The lowest BCUT2D eigenvalue weighted by atomic mass is 9.79. The van der Waals surface area contributed by atoms with Crippen LogP contribution in [0.25, 0.3) is 0 Å². The number of carbonyl (C=O) groups is 1. The molecule has 2 aliphatic heterocycles. The lowest BCUT2D eigenvalue weighted by Crippen LogP contribution is -2.41. The number of halogens is 1. The monoisotopic (exact) mass is 385 g/mol. The van der Waals surface area contributed by atoms with Gasteiger partial charge in [0, 0.05) is 24.0 Å². The molecule has 1 fully saturated rings. The van der Waals surface area contributed by atoms with Crippen molar-refractivity contribution in [1.29, 1.82) is 5.26 Å². The number of aromatic nitrogens is 2. The van der Waals surface area contributed by atoms with Crippen molar-refractivity contribution in [2.45, 2.75) is 5.92 Å². The summed E-state index contributed by atoms with van der Waals surface area (Å²) in [7, 11) is 0. The molecule has 0 unspecified atom stereocenters. The number of H-pyrrole nitrogens is 1. The van der Waals surface area contributed by atoms with Crippen LogP contribution in [0.4, 0.5) is 11.8 Å². The van der Waals surface area contributed by atoms with Crippen LogP contribution in [-0.4, -0.2) is 42.2 Å². The van der Waals surface area contributed by atoms with Gasteiger partial charge in [0.1, 0.15) is 11.7 Å². The number of nitrogens with one attached hydrogen (secondary N) is 2. The van der Waals surface area contributed by atoms with Gasteiger partial charge in [-0.05, 0) is 17.7 Å². The van der Waals surface area contributed by atoms with Crippen LogP contribution < -0.4 is 15.8 Å². The SMILES string of the molecule is N#C[C@H]1C(=O)Nc2nc(N3CCOCC3)[nH]c(=O)c2[C@@H]1c1ccc(Cl)cc1. The highest BCUT2D eigenvalue weighted by Crippen LogP contribution is 2.38. The largest absolute Gasteiger partial charge is 0.378 e. The van der Waals surface area contributed by atoms with E-state index in [9.17, 15) is 14.9 Å². The summed E-state index contributed by atoms with van der Waals surface area (Å²) in [5, 5.41) is 12.7. The van der Waals surface area contributed by atoms with Gasteiger partial charge in [0.05, 0.1) is 24.8 Å². The molecule has 2 atom stereocenters. The van der Waals surface area contributed by atoms with Crippen LogP contribution in [0.2, 0.25) is 5.02 Å². The van der Waals surface area contributed by atoms with Gasteiger partial charge in [-0.3, -0.25) is 14.6 Å². The standard InChI is InChI=1S/C18H16ClN5O3/c19-11-3-1-10(2-4-11)13-12(9-20)16(25)21-15-14(13)17(26)23-18(22-15)24-5-7-27-8-6-24/h1-4,12-13H,5-8H2,(H2,21,22,23,25,26)/t12-,13-/m1/s1. The van der Waals surface area contributed by atoms with E-state index in [1.54, 1.807) is 24.3 Å². The van der Waals surface area contributed by atoms with Gasteiger partial charge in [0.2, 0.25) is 11.9 Å². The van der Waals surface area contributed by atoms with E-state index in [2.05, 4.69) is 15.3 Å². The molecule has 1 amide bonds. The summed E-state index contributed by atoms with van der Waals surface area (Å²) in [6.45, 7) is 2.27. The van der Waals surface area contributed by atoms with Crippen LogP contribution in [0.3, 0.4) is 0 Å². The predicted octanol–water partition coefficient (Wildman–Crippen LogP) is 1.48. The Morgan fingerprint density at radius 3 is 2.59 bits per heavy atom. The Labute approximate surface area is 159 Å². The Morgan fingerprint density at radius 2 is 1.93 bits per heavy atom. The van der Waals surface area contributed by atoms with Crippen molar-refractivity contribution in [3.63, 3.8) is 0 Å². The number of amides is 1. The molecule has 0 radical (unpaired) electrons. The maximum atomic E-state index is 12.9. The van der Waals surface area contributed by atoms with Gasteiger partial charge < -0.3 is 15.0 Å². The minimum Gasteiger partial charge on any atom is -0.378 e. The molecule has 0 saturated carbocycles. The number of fused-ring (bicyclic) bond motifs is 1. The van der Waals surface area contributed by atoms with Crippen molar-refractivity contribution in [2.75, 3.05) is 36.5 Å². The quantitative estimate of drug-likeness (QED) is 0.810. The number of hydrogen-bond donors (Lipinski definition) is 2. The number of rotatable bonds is 2. The molecule has 0 spiro atoms. The summed E-state index contributed by atoms with van der Waals surface area (Å²) in [4.78, 5) is 34.5. The van der Waals surface area contributed by atoms with Gasteiger partial charge in [0.25, 0.3) is 5.56 Å². The molecule has 1 aromatic carbocycles. The highest BCUT2D eigenvalue weighted by molar-refractivity contribution is 6.30. The van der Waals surface area contributed by atoms with Crippen LogP contribution in [0, 0.1) is 17.2 Å². The number of morpholine rings is 1. The average Bonchev–Trinajstić information content (AvgIpc) is 2.68. The van der Waals surface area contributed by atoms with Crippen LogP contribution in [-0.2, 0) is 9.53 Å². The molecule has 27 heavy (non-hydrogen) atoms. The number of aromatic amines is 1. The highest BCUT2D eigenvalue weighted by atomic mass is 35.5. The molecule has 1 saturated heterocycles. The summed E-state index contributed by atoms with van der Waals surface area (Å²) in [6, 6.07) is 8.78. The van der Waals surface area contributed by atoms with Gasteiger partial charge in [-0.15, -0.1) is 0 Å². The minimum atomic E-state index is -1.03. The van der Waals surface area contributed by atoms with E-state index in [0.717, 1.165) is 0 Å². The van der Waals surface area contributed by atoms with E-state index < -0.39 is 17.7 Å². The molecule has 138 valence electrons. The van der Waals surface area contributed by atoms with Crippen LogP contribution in [0.5, 0.6) is 0 Å². The van der Waals surface area contributed by atoms with Gasteiger partial charge in [-0.1, -0.05) is 23.7 Å². The van der Waals surface area contributed by atoms with Crippen molar-refractivity contribution in [1.82, 2.24) is 9.97 Å². The Morgan fingerprint density at radius 1 is 1.22 bits per heavy atom. The second-order valence-corrected chi connectivity index (χ2v) is 6.81. The first kappa shape index (κ1) is 17.5. The van der Waals surface area contributed by atoms with Crippen molar-refractivity contribution >= 4 is 29.3 Å². The molecule has 1 aromatic heterocycles. The van der Waals surface area contributed by atoms with Gasteiger partial charge in [-0.25, -0.2) is 0 Å². The van der Waals surface area contributed by atoms with Crippen LogP contribution >= 0.6 is 11.6 Å². The molecule has 0 bridgehead atoms. The van der Waals surface area contributed by atoms with Gasteiger partial charge in [-0.2, -0.15) is 10.2 Å². The lowest BCUT2D eigenvalue weighted by Gasteiger charge is -2.31. The zero-order chi connectivity index (χ0) is 19.0. The lowest BCUT2D eigenvalue weighted by molar-refractivity contribution is -0.119. The highest BCUT2D eigenvalue weighted by Gasteiger charge is 2.40. The summed E-state index contributed by atoms with van der Waals surface area (Å²) in [6.07, 6.45) is 0. The number of nitriles is 1. The summed E-state index contributed by atoms with van der Waals surface area (Å²) in [5.74, 6) is -1.65. The van der Waals surface area contributed by atoms with Crippen LogP contribution in [0.1, 0.15) is 17.0 Å². The van der Waals surface area contributed by atoms with Crippen molar-refractivity contribution < 1.29 is 9.53 Å². The third kappa shape index (κ3) is 3.16. The van der Waals surface area contributed by atoms with E-state index in [1.807, 2.05) is 11.0 Å². The fourth-order valence-corrected chi connectivity index (χ4v) is 3.58. The number of carbonyl (C=O) groups excluding carboxylic acids is 1. The molecule has 8 nitrogen and oxygen atoms in total. The smallest absolute Gasteiger partial charge is 0.258 e. The van der Waals surface area contributed by atoms with E-state index in [4.69, 9.17) is 16.3 Å². The molecule has 2 N–H and O–H groups in total. The second kappa shape index (κ2) is 7.02.